The van der Waals surface area contributed by atoms with Gasteiger partial charge >= 0.3 is 0 Å². The van der Waals surface area contributed by atoms with E-state index in [1.54, 1.807) is 6.26 Å². The summed E-state index contributed by atoms with van der Waals surface area (Å²) in [6.45, 7) is 1.87. The van der Waals surface area contributed by atoms with Gasteiger partial charge in [0.2, 0.25) is 0 Å². The van der Waals surface area contributed by atoms with Crippen LogP contribution in [0.25, 0.3) is 11.5 Å². The molecule has 2 bridgehead atoms. The molecule has 0 saturated heterocycles. The minimum atomic E-state index is -0.0200. The van der Waals surface area contributed by atoms with E-state index in [9.17, 15) is 4.79 Å². The van der Waals surface area contributed by atoms with Gasteiger partial charge in [-0.15, -0.1) is 24.8 Å². The summed E-state index contributed by atoms with van der Waals surface area (Å²) in [7, 11) is 0. The van der Waals surface area contributed by atoms with Crippen LogP contribution in [0.1, 0.15) is 48.2 Å². The maximum Gasteiger partial charge on any atom is 0.253 e. The van der Waals surface area contributed by atoms with Crippen molar-refractivity contribution in [3.05, 3.63) is 41.8 Å². The van der Waals surface area contributed by atoms with Crippen LogP contribution in [-0.4, -0.2) is 23.0 Å². The smallest absolute Gasteiger partial charge is 0.253 e. The van der Waals surface area contributed by atoms with Gasteiger partial charge in [-0.05, 0) is 68.7 Å². The number of carbonyl (C=O) groups is 1. The van der Waals surface area contributed by atoms with Crippen LogP contribution in [0.3, 0.4) is 0 Å². The van der Waals surface area contributed by atoms with E-state index in [-0.39, 0.29) is 36.8 Å². The minimum absolute atomic E-state index is 0. The Hall–Kier alpha value is -1.56. The monoisotopic (exact) mass is 411 g/mol. The molecule has 2 aromatic rings. The van der Waals surface area contributed by atoms with Crippen molar-refractivity contribution in [3.63, 3.8) is 0 Å². The molecule has 2 atom stereocenters. The molecule has 0 aliphatic heterocycles. The molecule has 7 heteroatoms. The van der Waals surface area contributed by atoms with Gasteiger partial charge in [-0.1, -0.05) is 6.42 Å². The topological polar surface area (TPSA) is 81.2 Å². The second-order valence-electron chi connectivity index (χ2n) is 7.49. The molecule has 0 radical (unpaired) electrons. The number of nitrogens with one attached hydrogen (secondary N) is 1. The van der Waals surface area contributed by atoms with Crippen LogP contribution >= 0.6 is 24.8 Å². The van der Waals surface area contributed by atoms with E-state index in [2.05, 4.69) is 10.3 Å². The van der Waals surface area contributed by atoms with Crippen molar-refractivity contribution < 1.29 is 9.21 Å². The SMILES string of the molecule is Cc1nc(-c2ccco2)ccc1C(=O)NC1C2CCCC1CC(N)C2.Cl.Cl. The zero-order valence-electron chi connectivity index (χ0n) is 15.4. The normalized spacial score (nSPS) is 26.4. The van der Waals surface area contributed by atoms with Gasteiger partial charge in [0.05, 0.1) is 17.5 Å². The molecule has 2 heterocycles. The fourth-order valence-electron chi connectivity index (χ4n) is 4.62. The van der Waals surface area contributed by atoms with Gasteiger partial charge in [-0.3, -0.25) is 4.79 Å². The van der Waals surface area contributed by atoms with Crippen LogP contribution in [0.5, 0.6) is 0 Å². The Bertz CT molecular complexity index is 753. The lowest BCUT2D eigenvalue weighted by atomic mass is 9.67. The van der Waals surface area contributed by atoms with Crippen LogP contribution in [0.15, 0.2) is 34.9 Å². The molecule has 2 aliphatic carbocycles. The molecule has 2 aromatic heterocycles. The maximum absolute atomic E-state index is 12.8. The quantitative estimate of drug-likeness (QED) is 0.795. The third-order valence-corrected chi connectivity index (χ3v) is 5.78. The second kappa shape index (κ2) is 9.09. The van der Waals surface area contributed by atoms with Crippen LogP contribution in [0.2, 0.25) is 0 Å². The number of aromatic nitrogens is 1. The first kappa shape index (κ1) is 21.7. The Morgan fingerprint density at radius 1 is 1.19 bits per heavy atom. The molecule has 2 unspecified atom stereocenters. The highest BCUT2D eigenvalue weighted by molar-refractivity contribution is 5.95. The lowest BCUT2D eigenvalue weighted by Crippen LogP contribution is -2.53. The third-order valence-electron chi connectivity index (χ3n) is 5.78. The zero-order valence-corrected chi connectivity index (χ0v) is 17.0. The van der Waals surface area contributed by atoms with E-state index >= 15 is 0 Å². The van der Waals surface area contributed by atoms with Crippen LogP contribution in [0, 0.1) is 18.8 Å². The number of aryl methyl sites for hydroxylation is 1. The fraction of sp³-hybridized carbons (Fsp3) is 0.500. The highest BCUT2D eigenvalue weighted by Crippen LogP contribution is 2.39. The van der Waals surface area contributed by atoms with Crippen molar-refractivity contribution >= 4 is 30.7 Å². The lowest BCUT2D eigenvalue weighted by molar-refractivity contribution is 0.0755. The highest BCUT2D eigenvalue weighted by atomic mass is 35.5. The number of pyridine rings is 1. The molecule has 27 heavy (non-hydrogen) atoms. The first-order valence-corrected chi connectivity index (χ1v) is 9.20. The molecule has 4 rings (SSSR count). The molecular formula is C20H27Cl2N3O2. The zero-order chi connectivity index (χ0) is 17.4. The Balaban J connectivity index is 0.00000131. The molecule has 0 aromatic carbocycles. The molecule has 3 N–H and O–H groups in total. The maximum atomic E-state index is 12.8. The molecule has 1 amide bonds. The molecule has 0 spiro atoms. The number of carbonyl (C=O) groups excluding carboxylic acids is 1. The van der Waals surface area contributed by atoms with Gasteiger partial charge in [-0.2, -0.15) is 0 Å². The lowest BCUT2D eigenvalue weighted by Gasteiger charge is -2.45. The molecule has 148 valence electrons. The molecule has 2 saturated carbocycles. The number of nitrogens with two attached hydrogens (primary N) is 1. The summed E-state index contributed by atoms with van der Waals surface area (Å²) in [4.78, 5) is 17.4. The fourth-order valence-corrected chi connectivity index (χ4v) is 4.62. The van der Waals surface area contributed by atoms with Gasteiger partial charge in [0, 0.05) is 12.1 Å². The van der Waals surface area contributed by atoms with Crippen molar-refractivity contribution in [1.29, 1.82) is 0 Å². The average molecular weight is 412 g/mol. The average Bonchev–Trinajstić information content (AvgIpc) is 3.10. The van der Waals surface area contributed by atoms with Crippen molar-refractivity contribution in [1.82, 2.24) is 10.3 Å². The number of amides is 1. The molecular weight excluding hydrogens is 385 g/mol. The van der Waals surface area contributed by atoms with Crippen LogP contribution in [-0.2, 0) is 0 Å². The Morgan fingerprint density at radius 3 is 2.48 bits per heavy atom. The Morgan fingerprint density at radius 2 is 1.89 bits per heavy atom. The van der Waals surface area contributed by atoms with Gasteiger partial charge in [0.1, 0.15) is 5.69 Å². The number of hydrogen-bond donors (Lipinski definition) is 2. The van der Waals surface area contributed by atoms with E-state index in [0.29, 0.717) is 29.2 Å². The van der Waals surface area contributed by atoms with Crippen molar-refractivity contribution in [3.8, 4) is 11.5 Å². The number of hydrogen-bond acceptors (Lipinski definition) is 4. The Kier molecular flexibility index (Phi) is 7.32. The van der Waals surface area contributed by atoms with Crippen molar-refractivity contribution in [2.75, 3.05) is 0 Å². The summed E-state index contributed by atoms with van der Waals surface area (Å²) in [5.41, 5.74) is 8.30. The third kappa shape index (κ3) is 4.48. The molecule has 2 fully saturated rings. The number of furan rings is 1. The van der Waals surface area contributed by atoms with Crippen LogP contribution < -0.4 is 11.1 Å². The van der Waals surface area contributed by atoms with Gasteiger partial charge in [0.25, 0.3) is 5.91 Å². The largest absolute Gasteiger partial charge is 0.463 e. The Labute approximate surface area is 172 Å². The highest BCUT2D eigenvalue weighted by Gasteiger charge is 2.40. The summed E-state index contributed by atoms with van der Waals surface area (Å²) in [6, 6.07) is 7.94. The number of rotatable bonds is 3. The van der Waals surface area contributed by atoms with E-state index in [4.69, 9.17) is 10.2 Å². The summed E-state index contributed by atoms with van der Waals surface area (Å²) in [6.07, 6.45) is 7.27. The number of fused-ring (bicyclic) bond motifs is 2. The first-order valence-electron chi connectivity index (χ1n) is 9.20. The van der Waals surface area contributed by atoms with Gasteiger partial charge in [-0.25, -0.2) is 4.98 Å². The summed E-state index contributed by atoms with van der Waals surface area (Å²) in [5.74, 6) is 1.73. The van der Waals surface area contributed by atoms with E-state index < -0.39 is 0 Å². The summed E-state index contributed by atoms with van der Waals surface area (Å²) >= 11 is 0. The minimum Gasteiger partial charge on any atom is -0.463 e. The van der Waals surface area contributed by atoms with Crippen molar-refractivity contribution in [2.45, 2.75) is 51.1 Å². The van der Waals surface area contributed by atoms with E-state index in [0.717, 1.165) is 24.2 Å². The second-order valence-corrected chi connectivity index (χ2v) is 7.49. The van der Waals surface area contributed by atoms with Crippen molar-refractivity contribution in [2.24, 2.45) is 17.6 Å². The standard InChI is InChI=1S/C20H25N3O2.2ClH/c1-12-16(7-8-17(22-12)18-6-3-9-25-18)20(24)23-19-13-4-2-5-14(19)11-15(21)10-13;;/h3,6-9,13-15,19H,2,4-5,10-11,21H2,1H3,(H,23,24);2*1H. The predicted octanol–water partition coefficient (Wildman–Crippen LogP) is 4.13. The van der Waals surface area contributed by atoms with Crippen LogP contribution in [0.4, 0.5) is 0 Å². The first-order chi connectivity index (χ1) is 12.1. The number of halogens is 2. The molecule has 2 aliphatic rings. The summed E-state index contributed by atoms with van der Waals surface area (Å²) in [5, 5.41) is 3.29. The van der Waals surface area contributed by atoms with Gasteiger partial charge < -0.3 is 15.5 Å². The summed E-state index contributed by atoms with van der Waals surface area (Å²) < 4.78 is 5.38. The molecule has 5 nitrogen and oxygen atoms in total. The number of nitrogens with zero attached hydrogens (tertiary/aromatic N) is 1. The van der Waals surface area contributed by atoms with E-state index in [1.165, 1.54) is 19.3 Å². The predicted molar refractivity (Wildman–Crippen MR) is 110 cm³/mol. The van der Waals surface area contributed by atoms with Gasteiger partial charge in [0.15, 0.2) is 5.76 Å². The van der Waals surface area contributed by atoms with E-state index in [1.807, 2.05) is 31.2 Å².